The maximum absolute atomic E-state index is 12.2. The van der Waals surface area contributed by atoms with Crippen LogP contribution >= 0.6 is 0 Å². The molecule has 0 bridgehead atoms. The van der Waals surface area contributed by atoms with Crippen LogP contribution in [0.4, 0.5) is 0 Å². The molecule has 0 saturated carbocycles. The summed E-state index contributed by atoms with van der Waals surface area (Å²) in [5, 5.41) is 0. The molecule has 0 spiro atoms. The first-order valence-corrected chi connectivity index (χ1v) is 10.9. The fraction of sp³-hybridized carbons (Fsp3) is 0.179. The van der Waals surface area contributed by atoms with Crippen molar-refractivity contribution in [1.82, 2.24) is 0 Å². The van der Waals surface area contributed by atoms with Crippen molar-refractivity contribution < 1.29 is 28.6 Å². The molecule has 0 saturated heterocycles. The number of benzene rings is 3. The molecule has 3 aromatic rings. The summed E-state index contributed by atoms with van der Waals surface area (Å²) in [5.41, 5.74) is 4.67. The van der Waals surface area contributed by atoms with Crippen LogP contribution in [0.2, 0.25) is 0 Å². The smallest absolute Gasteiger partial charge is 0.338 e. The molecule has 174 valence electrons. The highest BCUT2D eigenvalue weighted by Gasteiger charge is 2.09. The highest BCUT2D eigenvalue weighted by Crippen LogP contribution is 2.28. The molecule has 6 nitrogen and oxygen atoms in total. The summed E-state index contributed by atoms with van der Waals surface area (Å²) >= 11 is 0. The van der Waals surface area contributed by atoms with Crippen molar-refractivity contribution in [1.29, 1.82) is 0 Å². The third kappa shape index (κ3) is 6.65. The molecule has 0 amide bonds. The van der Waals surface area contributed by atoms with E-state index in [4.69, 9.17) is 14.2 Å². The van der Waals surface area contributed by atoms with Gasteiger partial charge in [0.2, 0.25) is 0 Å². The quantitative estimate of drug-likeness (QED) is 0.179. The molecule has 0 aliphatic rings. The number of ether oxygens (including phenoxy) is 3. The number of hydrogen-bond acceptors (Lipinski definition) is 6. The van der Waals surface area contributed by atoms with Gasteiger partial charge >= 0.3 is 17.9 Å². The molecular formula is C28H26O6. The van der Waals surface area contributed by atoms with E-state index in [1.807, 2.05) is 48.5 Å². The molecule has 6 heteroatoms. The van der Waals surface area contributed by atoms with E-state index in [1.165, 1.54) is 0 Å². The van der Waals surface area contributed by atoms with Crippen LogP contribution in [0.5, 0.6) is 5.75 Å². The lowest BCUT2D eigenvalue weighted by Crippen LogP contribution is -2.13. The molecule has 0 aliphatic heterocycles. The SMILES string of the molecule is C=C(C)C(=O)Oc1ccc(-c2cccc(-c3ccc(C(=O)OCCOC(=O)CC)cc3)c2)cc1. The van der Waals surface area contributed by atoms with Gasteiger partial charge in [-0.25, -0.2) is 9.59 Å². The number of carbonyl (C=O) groups is 3. The van der Waals surface area contributed by atoms with Crippen molar-refractivity contribution in [3.63, 3.8) is 0 Å². The van der Waals surface area contributed by atoms with E-state index in [0.29, 0.717) is 16.9 Å². The average molecular weight is 459 g/mol. The molecular weight excluding hydrogens is 432 g/mol. The van der Waals surface area contributed by atoms with E-state index in [-0.39, 0.29) is 25.6 Å². The number of esters is 3. The van der Waals surface area contributed by atoms with Crippen LogP contribution in [0.15, 0.2) is 84.9 Å². The lowest BCUT2D eigenvalue weighted by Gasteiger charge is -2.09. The fourth-order valence-electron chi connectivity index (χ4n) is 3.06. The normalized spacial score (nSPS) is 10.3. The summed E-state index contributed by atoms with van der Waals surface area (Å²) in [7, 11) is 0. The summed E-state index contributed by atoms with van der Waals surface area (Å²) in [4.78, 5) is 35.0. The predicted octanol–water partition coefficient (Wildman–Crippen LogP) is 5.61. The second-order valence-corrected chi connectivity index (χ2v) is 7.56. The van der Waals surface area contributed by atoms with Gasteiger partial charge in [0.15, 0.2) is 0 Å². The number of carbonyl (C=O) groups excluding carboxylic acids is 3. The number of rotatable bonds is 9. The van der Waals surface area contributed by atoms with Gasteiger partial charge in [0.1, 0.15) is 19.0 Å². The van der Waals surface area contributed by atoms with Gasteiger partial charge in [-0.3, -0.25) is 4.79 Å². The van der Waals surface area contributed by atoms with Crippen molar-refractivity contribution >= 4 is 17.9 Å². The summed E-state index contributed by atoms with van der Waals surface area (Å²) in [5.74, 6) is -0.800. The third-order valence-corrected chi connectivity index (χ3v) is 4.93. The fourth-order valence-corrected chi connectivity index (χ4v) is 3.06. The Balaban J connectivity index is 1.65. The first-order chi connectivity index (χ1) is 16.4. The van der Waals surface area contributed by atoms with Gasteiger partial charge in [0, 0.05) is 12.0 Å². The van der Waals surface area contributed by atoms with Crippen LogP contribution in [0.25, 0.3) is 22.3 Å². The lowest BCUT2D eigenvalue weighted by atomic mass is 9.98. The Morgan fingerprint density at radius 2 is 1.32 bits per heavy atom. The van der Waals surface area contributed by atoms with Gasteiger partial charge in [-0.2, -0.15) is 0 Å². The molecule has 0 radical (unpaired) electrons. The summed E-state index contributed by atoms with van der Waals surface area (Å²) < 4.78 is 15.3. The summed E-state index contributed by atoms with van der Waals surface area (Å²) in [6.45, 7) is 6.94. The second-order valence-electron chi connectivity index (χ2n) is 7.56. The zero-order valence-corrected chi connectivity index (χ0v) is 19.2. The standard InChI is InChI=1S/C28H26O6/c1-4-26(29)32-16-17-33-28(31)22-10-8-20(9-11-22)23-6-5-7-24(18-23)21-12-14-25(15-13-21)34-27(30)19(2)3/h5-15,18H,2,4,16-17H2,1,3H3. The van der Waals surface area contributed by atoms with Crippen molar-refractivity contribution in [3.8, 4) is 28.0 Å². The van der Waals surface area contributed by atoms with E-state index in [0.717, 1.165) is 22.3 Å². The molecule has 0 heterocycles. The van der Waals surface area contributed by atoms with Gasteiger partial charge in [-0.05, 0) is 59.5 Å². The van der Waals surface area contributed by atoms with E-state index >= 15 is 0 Å². The zero-order valence-electron chi connectivity index (χ0n) is 19.2. The van der Waals surface area contributed by atoms with Crippen LogP contribution in [0.3, 0.4) is 0 Å². The van der Waals surface area contributed by atoms with Crippen LogP contribution in [-0.4, -0.2) is 31.1 Å². The summed E-state index contributed by atoms with van der Waals surface area (Å²) in [6, 6.07) is 22.4. The van der Waals surface area contributed by atoms with Gasteiger partial charge in [0.25, 0.3) is 0 Å². The van der Waals surface area contributed by atoms with Crippen LogP contribution < -0.4 is 4.74 Å². The Hall–Kier alpha value is -4.19. The number of hydrogen-bond donors (Lipinski definition) is 0. The Labute approximate surface area is 198 Å². The minimum absolute atomic E-state index is 0.0134. The van der Waals surface area contributed by atoms with Crippen LogP contribution in [0.1, 0.15) is 30.6 Å². The maximum Gasteiger partial charge on any atom is 0.338 e. The van der Waals surface area contributed by atoms with E-state index in [2.05, 4.69) is 6.58 Å². The van der Waals surface area contributed by atoms with E-state index < -0.39 is 11.9 Å². The van der Waals surface area contributed by atoms with Crippen molar-refractivity contribution in [2.24, 2.45) is 0 Å². The van der Waals surface area contributed by atoms with Gasteiger partial charge in [0.05, 0.1) is 5.56 Å². The first-order valence-electron chi connectivity index (χ1n) is 10.9. The molecule has 34 heavy (non-hydrogen) atoms. The highest BCUT2D eigenvalue weighted by molar-refractivity contribution is 5.90. The highest BCUT2D eigenvalue weighted by atomic mass is 16.6. The molecule has 0 aromatic heterocycles. The molecule has 0 N–H and O–H groups in total. The topological polar surface area (TPSA) is 78.9 Å². The van der Waals surface area contributed by atoms with E-state index in [9.17, 15) is 14.4 Å². The Morgan fingerprint density at radius 3 is 1.88 bits per heavy atom. The molecule has 3 rings (SSSR count). The van der Waals surface area contributed by atoms with E-state index in [1.54, 1.807) is 38.1 Å². The van der Waals surface area contributed by atoms with Crippen molar-refractivity contribution in [2.45, 2.75) is 20.3 Å². The second kappa shape index (κ2) is 11.6. The molecule has 0 atom stereocenters. The van der Waals surface area contributed by atoms with Crippen LogP contribution in [-0.2, 0) is 19.1 Å². The minimum Gasteiger partial charge on any atom is -0.462 e. The zero-order chi connectivity index (χ0) is 24.5. The van der Waals surface area contributed by atoms with Crippen LogP contribution in [0, 0.1) is 0 Å². The largest absolute Gasteiger partial charge is 0.462 e. The Morgan fingerprint density at radius 1 is 0.765 bits per heavy atom. The van der Waals surface area contributed by atoms with Crippen molar-refractivity contribution in [3.05, 3.63) is 90.5 Å². The van der Waals surface area contributed by atoms with Gasteiger partial charge in [-0.1, -0.05) is 56.0 Å². The summed E-state index contributed by atoms with van der Waals surface area (Å²) in [6.07, 6.45) is 0.285. The maximum atomic E-state index is 12.2. The first kappa shape index (κ1) is 24.5. The Bertz CT molecular complexity index is 1180. The van der Waals surface area contributed by atoms with Gasteiger partial charge < -0.3 is 14.2 Å². The molecule has 0 fully saturated rings. The molecule has 3 aromatic carbocycles. The van der Waals surface area contributed by atoms with Gasteiger partial charge in [-0.15, -0.1) is 0 Å². The third-order valence-electron chi connectivity index (χ3n) is 4.93. The molecule has 0 unspecified atom stereocenters. The monoisotopic (exact) mass is 458 g/mol. The Kier molecular flexibility index (Phi) is 8.35. The average Bonchev–Trinajstić information content (AvgIpc) is 2.86. The minimum atomic E-state index is -0.472. The lowest BCUT2D eigenvalue weighted by molar-refractivity contribution is -0.144. The predicted molar refractivity (Wildman–Crippen MR) is 129 cm³/mol. The van der Waals surface area contributed by atoms with Crippen molar-refractivity contribution in [2.75, 3.05) is 13.2 Å². The molecule has 0 aliphatic carbocycles.